The average molecular weight is 579 g/mol. The van der Waals surface area contributed by atoms with Crippen LogP contribution in [0.2, 0.25) is 0 Å². The van der Waals surface area contributed by atoms with Gasteiger partial charge in [0, 0.05) is 16.2 Å². The maximum Gasteiger partial charge on any atom is 0.246 e. The average Bonchev–Trinajstić information content (AvgIpc) is 3.58. The van der Waals surface area contributed by atoms with Crippen molar-refractivity contribution in [2.75, 3.05) is 5.32 Å². The molecule has 7 nitrogen and oxygen atoms in total. The second-order valence-electron chi connectivity index (χ2n) is 10.9. The van der Waals surface area contributed by atoms with Gasteiger partial charge in [-0.25, -0.2) is 0 Å². The van der Waals surface area contributed by atoms with Crippen LogP contribution in [0.25, 0.3) is 0 Å². The summed E-state index contributed by atoms with van der Waals surface area (Å²) in [5, 5.41) is 6.21. The number of benzene rings is 2. The lowest BCUT2D eigenvalue weighted by Crippen LogP contribution is -2.56. The van der Waals surface area contributed by atoms with Crippen LogP contribution in [0, 0.1) is 11.8 Å². The van der Waals surface area contributed by atoms with Gasteiger partial charge < -0.3 is 20.3 Å². The van der Waals surface area contributed by atoms with Crippen molar-refractivity contribution >= 4 is 39.3 Å². The Labute approximate surface area is 231 Å². The number of rotatable bonds is 6. The van der Waals surface area contributed by atoms with Crippen molar-refractivity contribution in [1.29, 1.82) is 0 Å². The summed E-state index contributed by atoms with van der Waals surface area (Å²) in [7, 11) is 0. The third-order valence-corrected chi connectivity index (χ3v) is 9.15. The van der Waals surface area contributed by atoms with E-state index in [4.69, 9.17) is 4.74 Å². The maximum absolute atomic E-state index is 14.3. The number of hydrogen-bond acceptors (Lipinski definition) is 4. The minimum atomic E-state index is -1.18. The van der Waals surface area contributed by atoms with Crippen molar-refractivity contribution in [2.24, 2.45) is 11.8 Å². The van der Waals surface area contributed by atoms with E-state index in [-0.39, 0.29) is 29.8 Å². The number of likely N-dealkylation sites (tertiary alicyclic amines) is 1. The molecular weight excluding hydrogens is 546 g/mol. The molecule has 2 saturated heterocycles. The predicted molar refractivity (Wildman–Crippen MR) is 147 cm³/mol. The van der Waals surface area contributed by atoms with Crippen LogP contribution in [0.5, 0.6) is 0 Å². The first-order chi connectivity index (χ1) is 18.4. The quantitative estimate of drug-likeness (QED) is 0.485. The Kier molecular flexibility index (Phi) is 6.64. The molecular formula is C30H32BrN3O4. The number of ether oxygens (including phenoxy) is 1. The van der Waals surface area contributed by atoms with Crippen LogP contribution >= 0.6 is 15.9 Å². The van der Waals surface area contributed by atoms with Gasteiger partial charge in [0.05, 0.1) is 24.0 Å². The molecule has 2 aromatic rings. The second-order valence-corrected chi connectivity index (χ2v) is 11.8. The van der Waals surface area contributed by atoms with E-state index in [0.29, 0.717) is 5.69 Å². The zero-order valence-electron chi connectivity index (χ0n) is 21.3. The van der Waals surface area contributed by atoms with Crippen molar-refractivity contribution in [3.8, 4) is 0 Å². The second kappa shape index (κ2) is 9.97. The van der Waals surface area contributed by atoms with Gasteiger partial charge in [-0.05, 0) is 49.6 Å². The standard InChI is InChI=1S/C30H32BrN3O4/c1-18(19-8-4-2-5-9-19)34-26(28(36)33-21-10-6-3-7-11-21)30-17-16-23(38-30)24(25(30)29(34)37)27(35)32-22-14-12-20(31)13-15-22/h2,4-5,8-9,12-18,21,23-26H,3,6-7,10-11H2,1H3,(H,32,35)(H,33,36)/t18?,23-,24?,25-,26?,30?/m1/s1. The fraction of sp³-hybridized carbons (Fsp3) is 0.433. The first kappa shape index (κ1) is 25.3. The largest absolute Gasteiger partial charge is 0.359 e. The van der Waals surface area contributed by atoms with E-state index in [0.717, 1.165) is 35.7 Å². The highest BCUT2D eigenvalue weighted by Crippen LogP contribution is 2.56. The Morgan fingerprint density at radius 1 is 1.03 bits per heavy atom. The van der Waals surface area contributed by atoms with Gasteiger partial charge in [0.15, 0.2) is 0 Å². The molecule has 3 amide bonds. The zero-order chi connectivity index (χ0) is 26.4. The minimum absolute atomic E-state index is 0.0924. The van der Waals surface area contributed by atoms with Gasteiger partial charge in [0.2, 0.25) is 17.7 Å². The van der Waals surface area contributed by atoms with Crippen molar-refractivity contribution in [2.45, 2.75) is 68.9 Å². The number of nitrogens with zero attached hydrogens (tertiary/aromatic N) is 1. The molecule has 38 heavy (non-hydrogen) atoms. The van der Waals surface area contributed by atoms with Gasteiger partial charge in [-0.3, -0.25) is 14.4 Å². The van der Waals surface area contributed by atoms with E-state index < -0.39 is 29.6 Å². The molecule has 2 aromatic carbocycles. The number of amides is 3. The number of nitrogens with one attached hydrogen (secondary N) is 2. The summed E-state index contributed by atoms with van der Waals surface area (Å²) >= 11 is 3.41. The van der Waals surface area contributed by atoms with Crippen LogP contribution in [0.4, 0.5) is 5.69 Å². The molecule has 1 saturated carbocycles. The van der Waals surface area contributed by atoms with Gasteiger partial charge in [0.25, 0.3) is 0 Å². The summed E-state index contributed by atoms with van der Waals surface area (Å²) < 4.78 is 7.39. The first-order valence-corrected chi connectivity index (χ1v) is 14.3. The molecule has 2 bridgehead atoms. The molecule has 198 valence electrons. The number of carbonyl (C=O) groups excluding carboxylic acids is 3. The van der Waals surface area contributed by atoms with Crippen molar-refractivity contribution in [3.63, 3.8) is 0 Å². The number of fused-ring (bicyclic) bond motifs is 1. The van der Waals surface area contributed by atoms with E-state index in [1.165, 1.54) is 6.42 Å². The fourth-order valence-electron chi connectivity index (χ4n) is 6.80. The summed E-state index contributed by atoms with van der Waals surface area (Å²) in [6, 6.07) is 15.9. The molecule has 3 heterocycles. The van der Waals surface area contributed by atoms with Gasteiger partial charge in [-0.2, -0.15) is 0 Å². The smallest absolute Gasteiger partial charge is 0.246 e. The highest BCUT2D eigenvalue weighted by Gasteiger charge is 2.73. The highest BCUT2D eigenvalue weighted by molar-refractivity contribution is 9.10. The number of carbonyl (C=O) groups is 3. The highest BCUT2D eigenvalue weighted by atomic mass is 79.9. The van der Waals surface area contributed by atoms with Crippen LogP contribution in [0.1, 0.15) is 50.6 Å². The Balaban J connectivity index is 1.35. The summed E-state index contributed by atoms with van der Waals surface area (Å²) in [6.07, 6.45) is 8.40. The van der Waals surface area contributed by atoms with Gasteiger partial charge in [0.1, 0.15) is 11.6 Å². The number of halogens is 1. The Morgan fingerprint density at radius 3 is 2.45 bits per heavy atom. The monoisotopic (exact) mass is 577 g/mol. The molecule has 8 heteroatoms. The molecule has 4 unspecified atom stereocenters. The molecule has 4 aliphatic rings. The van der Waals surface area contributed by atoms with E-state index >= 15 is 0 Å². The first-order valence-electron chi connectivity index (χ1n) is 13.5. The van der Waals surface area contributed by atoms with Gasteiger partial charge in [-0.1, -0.05) is 77.7 Å². The van der Waals surface area contributed by atoms with Crippen molar-refractivity contribution in [3.05, 3.63) is 76.8 Å². The maximum atomic E-state index is 14.3. The third-order valence-electron chi connectivity index (χ3n) is 8.63. The molecule has 2 N–H and O–H groups in total. The lowest BCUT2D eigenvalue weighted by Gasteiger charge is -2.37. The zero-order valence-corrected chi connectivity index (χ0v) is 22.9. The van der Waals surface area contributed by atoms with E-state index in [9.17, 15) is 14.4 Å². The van der Waals surface area contributed by atoms with Crippen LogP contribution in [0.3, 0.4) is 0 Å². The Hall–Kier alpha value is -2.97. The van der Waals surface area contributed by atoms with E-state index in [2.05, 4.69) is 26.6 Å². The van der Waals surface area contributed by atoms with Crippen LogP contribution in [0.15, 0.2) is 71.2 Å². The van der Waals surface area contributed by atoms with E-state index in [1.54, 1.807) is 4.90 Å². The summed E-state index contributed by atoms with van der Waals surface area (Å²) in [5.74, 6) is -2.19. The van der Waals surface area contributed by atoms with Crippen LogP contribution in [-0.4, -0.2) is 46.4 Å². The Morgan fingerprint density at radius 2 is 1.74 bits per heavy atom. The van der Waals surface area contributed by atoms with E-state index in [1.807, 2.05) is 73.7 Å². The minimum Gasteiger partial charge on any atom is -0.359 e. The summed E-state index contributed by atoms with van der Waals surface area (Å²) in [4.78, 5) is 43.5. The molecule has 6 atom stereocenters. The number of anilines is 1. The molecule has 1 spiro atoms. The third kappa shape index (κ3) is 4.18. The molecule has 0 radical (unpaired) electrons. The lowest BCUT2D eigenvalue weighted by molar-refractivity contribution is -0.143. The molecule has 1 aliphatic carbocycles. The van der Waals surface area contributed by atoms with Gasteiger partial charge >= 0.3 is 0 Å². The molecule has 3 fully saturated rings. The van der Waals surface area contributed by atoms with Crippen LogP contribution < -0.4 is 10.6 Å². The fourth-order valence-corrected chi connectivity index (χ4v) is 7.07. The van der Waals surface area contributed by atoms with Crippen LogP contribution in [-0.2, 0) is 19.1 Å². The molecule has 3 aliphatic heterocycles. The predicted octanol–water partition coefficient (Wildman–Crippen LogP) is 4.75. The summed E-state index contributed by atoms with van der Waals surface area (Å²) in [5.41, 5.74) is 0.401. The molecule has 0 aromatic heterocycles. The Bertz CT molecular complexity index is 1260. The normalized spacial score (nSPS) is 30.8. The SMILES string of the molecule is CC(c1ccccc1)N1C(=O)[C@H]2C(C(=O)Nc3ccc(Br)cc3)[C@H]3C=CC2(O3)C1C(=O)NC1CCCCC1. The number of hydrogen-bond donors (Lipinski definition) is 2. The topological polar surface area (TPSA) is 87.7 Å². The molecule has 6 rings (SSSR count). The van der Waals surface area contributed by atoms with Crippen molar-refractivity contribution in [1.82, 2.24) is 10.2 Å². The van der Waals surface area contributed by atoms with Gasteiger partial charge in [-0.15, -0.1) is 0 Å². The summed E-state index contributed by atoms with van der Waals surface area (Å²) in [6.45, 7) is 1.94. The lowest BCUT2D eigenvalue weighted by atomic mass is 9.74. The van der Waals surface area contributed by atoms with Crippen molar-refractivity contribution < 1.29 is 19.1 Å².